The average molecular weight is 401 g/mol. The Bertz CT molecular complexity index is 1070. The topological polar surface area (TPSA) is 137 Å². The summed E-state index contributed by atoms with van der Waals surface area (Å²) in [4.78, 5) is 23.9. The molecule has 0 atom stereocenters. The first-order chi connectivity index (χ1) is 13.6. The highest BCUT2D eigenvalue weighted by Gasteiger charge is 2.26. The van der Waals surface area contributed by atoms with Gasteiger partial charge in [0.15, 0.2) is 11.3 Å². The number of hydrogen-bond donors (Lipinski definition) is 2. The minimum Gasteiger partial charge on any atom is -0.506 e. The molecule has 0 saturated carbocycles. The summed E-state index contributed by atoms with van der Waals surface area (Å²) < 4.78 is 18.4. The summed E-state index contributed by atoms with van der Waals surface area (Å²) in [6, 6.07) is 7.13. The van der Waals surface area contributed by atoms with Gasteiger partial charge < -0.3 is 19.8 Å². The number of benzene rings is 2. The molecule has 0 aliphatic carbocycles. The molecule has 0 fully saturated rings. The summed E-state index contributed by atoms with van der Waals surface area (Å²) in [6.07, 6.45) is 0. The molecule has 0 aliphatic rings. The lowest BCUT2D eigenvalue weighted by atomic mass is 10.1. The number of anilines is 1. The van der Waals surface area contributed by atoms with E-state index in [1.165, 1.54) is 19.2 Å². The Morgan fingerprint density at radius 3 is 2.55 bits per heavy atom. The van der Waals surface area contributed by atoms with Crippen molar-refractivity contribution in [1.82, 2.24) is 0 Å². The van der Waals surface area contributed by atoms with Crippen molar-refractivity contribution in [2.24, 2.45) is 0 Å². The quantitative estimate of drug-likeness (QED) is 0.258. The maximum absolute atomic E-state index is 13.6. The van der Waals surface area contributed by atoms with Gasteiger partial charge in [0.1, 0.15) is 17.6 Å². The van der Waals surface area contributed by atoms with Crippen LogP contribution in [-0.4, -0.2) is 35.2 Å². The van der Waals surface area contributed by atoms with Gasteiger partial charge in [0.05, 0.1) is 12.0 Å². The largest absolute Gasteiger partial charge is 0.506 e. The number of aromatic hydroxyl groups is 1. The van der Waals surface area contributed by atoms with E-state index in [0.29, 0.717) is 5.56 Å². The van der Waals surface area contributed by atoms with Crippen molar-refractivity contribution in [1.29, 1.82) is 5.26 Å². The molecule has 0 bridgehead atoms. The van der Waals surface area contributed by atoms with Crippen LogP contribution in [0.3, 0.4) is 0 Å². The monoisotopic (exact) mass is 401 g/mol. The number of nitrogens with zero attached hydrogens (tertiary/aromatic N) is 3. The predicted octanol–water partition coefficient (Wildman–Crippen LogP) is 3.21. The van der Waals surface area contributed by atoms with Crippen LogP contribution in [0.5, 0.6) is 11.5 Å². The molecule has 0 spiro atoms. The van der Waals surface area contributed by atoms with E-state index in [0.717, 1.165) is 30.2 Å². The molecule has 2 aromatic rings. The van der Waals surface area contributed by atoms with E-state index in [1.807, 2.05) is 0 Å². The zero-order valence-electron chi connectivity index (χ0n) is 15.6. The number of nitro groups is 1. The molecule has 0 radical (unpaired) electrons. The summed E-state index contributed by atoms with van der Waals surface area (Å²) in [5, 5.41) is 40.8. The molecular formula is C19H16FN3O6. The number of aryl methyl sites for hydroxylation is 1. The molecule has 0 saturated heterocycles. The Hall–Kier alpha value is -4.13. The van der Waals surface area contributed by atoms with Crippen molar-refractivity contribution < 1.29 is 29.1 Å². The normalized spacial score (nSPS) is 11.3. The highest BCUT2D eigenvalue weighted by atomic mass is 19.1. The molecule has 1 amide bonds. The first-order valence-corrected chi connectivity index (χ1v) is 8.05. The van der Waals surface area contributed by atoms with Crippen molar-refractivity contribution >= 4 is 23.0 Å². The number of nitro benzene ring substituents is 1. The first kappa shape index (κ1) is 21.2. The number of methoxy groups -OCH3 is 1. The lowest BCUT2D eigenvalue weighted by Crippen LogP contribution is -2.28. The van der Waals surface area contributed by atoms with Gasteiger partial charge in [-0.1, -0.05) is 6.07 Å². The molecule has 0 aromatic heterocycles. The van der Waals surface area contributed by atoms with Gasteiger partial charge in [-0.05, 0) is 30.7 Å². The van der Waals surface area contributed by atoms with Gasteiger partial charge in [0.25, 0.3) is 5.91 Å². The van der Waals surface area contributed by atoms with Crippen LogP contribution in [0.2, 0.25) is 0 Å². The molecule has 2 N–H and O–H groups in total. The number of aliphatic hydroxyl groups is 1. The molecule has 0 heterocycles. The number of aliphatic hydroxyl groups excluding tert-OH is 1. The number of phenolic OH excluding ortho intramolecular Hbond substituents is 1. The van der Waals surface area contributed by atoms with Crippen LogP contribution in [0.25, 0.3) is 5.76 Å². The van der Waals surface area contributed by atoms with Gasteiger partial charge in [-0.2, -0.15) is 5.26 Å². The van der Waals surface area contributed by atoms with Crippen LogP contribution >= 0.6 is 0 Å². The minimum atomic E-state index is -0.964. The zero-order valence-corrected chi connectivity index (χ0v) is 15.6. The third kappa shape index (κ3) is 4.08. The summed E-state index contributed by atoms with van der Waals surface area (Å²) in [6.45, 7) is 1.63. The zero-order chi connectivity index (χ0) is 21.9. The van der Waals surface area contributed by atoms with Crippen LogP contribution < -0.4 is 9.64 Å². The van der Waals surface area contributed by atoms with Crippen LogP contribution in [0, 0.1) is 34.2 Å². The standard InChI is InChI=1S/C19H16FN3O6/c1-10-4-5-12(20)8-14(10)22(2)19(26)13(9-21)17(24)11-6-15(23(27)28)18(25)16(7-11)29-3/h4-8,24-25H,1-3H3/b17-13-. The van der Waals surface area contributed by atoms with Gasteiger partial charge in [0, 0.05) is 24.4 Å². The van der Waals surface area contributed by atoms with Gasteiger partial charge in [-0.25, -0.2) is 4.39 Å². The number of likely N-dealkylation sites (N-methyl/N-ethyl adjacent to an activating group) is 1. The van der Waals surface area contributed by atoms with Crippen LogP contribution in [-0.2, 0) is 4.79 Å². The average Bonchev–Trinajstić information content (AvgIpc) is 2.69. The third-order valence-corrected chi connectivity index (χ3v) is 4.14. The SMILES string of the molecule is COc1cc(/C(O)=C(\C#N)C(=O)N(C)c2cc(F)ccc2C)cc([N+](=O)[O-])c1O. The van der Waals surface area contributed by atoms with Crippen molar-refractivity contribution in [3.8, 4) is 17.6 Å². The molecule has 2 rings (SSSR count). The second-order valence-corrected chi connectivity index (χ2v) is 5.93. The van der Waals surface area contributed by atoms with Crippen molar-refractivity contribution in [3.63, 3.8) is 0 Å². The fourth-order valence-electron chi connectivity index (χ4n) is 2.59. The van der Waals surface area contributed by atoms with E-state index in [4.69, 9.17) is 4.74 Å². The second-order valence-electron chi connectivity index (χ2n) is 5.93. The number of phenols is 1. The van der Waals surface area contributed by atoms with E-state index < -0.39 is 39.4 Å². The number of ether oxygens (including phenoxy) is 1. The number of carbonyl (C=O) groups excluding carboxylic acids is 1. The molecule has 9 nitrogen and oxygen atoms in total. The van der Waals surface area contributed by atoms with Gasteiger partial charge >= 0.3 is 5.69 Å². The highest BCUT2D eigenvalue weighted by Crippen LogP contribution is 2.39. The fourth-order valence-corrected chi connectivity index (χ4v) is 2.59. The molecule has 0 unspecified atom stereocenters. The summed E-state index contributed by atoms with van der Waals surface area (Å²) >= 11 is 0. The molecule has 10 heteroatoms. The lowest BCUT2D eigenvalue weighted by Gasteiger charge is -2.19. The number of carbonyl (C=O) groups is 1. The molecule has 29 heavy (non-hydrogen) atoms. The van der Waals surface area contributed by atoms with Crippen LogP contribution in [0.4, 0.5) is 15.8 Å². The van der Waals surface area contributed by atoms with Crippen molar-refractivity contribution in [2.45, 2.75) is 6.92 Å². The van der Waals surface area contributed by atoms with Crippen LogP contribution in [0.1, 0.15) is 11.1 Å². The van der Waals surface area contributed by atoms with E-state index >= 15 is 0 Å². The third-order valence-electron chi connectivity index (χ3n) is 4.14. The van der Waals surface area contributed by atoms with E-state index in [2.05, 4.69) is 0 Å². The Morgan fingerprint density at radius 2 is 2.00 bits per heavy atom. The Balaban J connectivity index is 2.61. The number of nitriles is 1. The Kier molecular flexibility index (Phi) is 6.03. The van der Waals surface area contributed by atoms with E-state index in [9.17, 15) is 34.8 Å². The van der Waals surface area contributed by atoms with E-state index in [1.54, 1.807) is 13.0 Å². The predicted molar refractivity (Wildman–Crippen MR) is 101 cm³/mol. The van der Waals surface area contributed by atoms with Gasteiger partial charge in [-0.15, -0.1) is 0 Å². The van der Waals surface area contributed by atoms with E-state index in [-0.39, 0.29) is 17.0 Å². The molecule has 2 aromatic carbocycles. The van der Waals surface area contributed by atoms with Crippen molar-refractivity contribution in [2.75, 3.05) is 19.1 Å². The fraction of sp³-hybridized carbons (Fsp3) is 0.158. The molecule has 0 aliphatic heterocycles. The maximum Gasteiger partial charge on any atom is 0.315 e. The maximum atomic E-state index is 13.6. The van der Waals surface area contributed by atoms with Crippen LogP contribution in [0.15, 0.2) is 35.9 Å². The molecule has 150 valence electrons. The first-order valence-electron chi connectivity index (χ1n) is 8.05. The number of halogens is 1. The van der Waals surface area contributed by atoms with Gasteiger partial charge in [-0.3, -0.25) is 14.9 Å². The second kappa shape index (κ2) is 8.26. The Labute approximate surface area is 164 Å². The number of rotatable bonds is 5. The highest BCUT2D eigenvalue weighted by molar-refractivity contribution is 6.12. The minimum absolute atomic E-state index is 0.171. The summed E-state index contributed by atoms with van der Waals surface area (Å²) in [5.41, 5.74) is -1.10. The molecular weight excluding hydrogens is 385 g/mol. The summed E-state index contributed by atoms with van der Waals surface area (Å²) in [5.74, 6) is -3.53. The van der Waals surface area contributed by atoms with Crippen molar-refractivity contribution in [3.05, 3.63) is 63.0 Å². The number of hydrogen-bond acceptors (Lipinski definition) is 7. The van der Waals surface area contributed by atoms with Gasteiger partial charge in [0.2, 0.25) is 5.75 Å². The smallest absolute Gasteiger partial charge is 0.315 e. The number of amides is 1. The Morgan fingerprint density at radius 1 is 1.34 bits per heavy atom. The lowest BCUT2D eigenvalue weighted by molar-refractivity contribution is -0.386. The summed E-state index contributed by atoms with van der Waals surface area (Å²) in [7, 11) is 2.43.